The van der Waals surface area contributed by atoms with E-state index in [1.807, 2.05) is 30.3 Å². The molecular weight excluding hydrogens is 277 g/mol. The van der Waals surface area contributed by atoms with Crippen molar-refractivity contribution in [3.8, 4) is 10.6 Å². The summed E-state index contributed by atoms with van der Waals surface area (Å²) in [6.07, 6.45) is -4.86. The van der Waals surface area contributed by atoms with Gasteiger partial charge in [0.2, 0.25) is 0 Å². The van der Waals surface area contributed by atoms with Crippen molar-refractivity contribution < 1.29 is 18.0 Å². The number of aromatic nitrogens is 1. The van der Waals surface area contributed by atoms with Crippen molar-refractivity contribution >= 4 is 17.2 Å². The number of benzene rings is 1. The lowest BCUT2D eigenvalue weighted by Crippen LogP contribution is -2.36. The fourth-order valence-corrected chi connectivity index (χ4v) is 2.20. The van der Waals surface area contributed by atoms with E-state index in [0.29, 0.717) is 10.7 Å². The zero-order valence-corrected chi connectivity index (χ0v) is 10.4. The molecule has 1 aromatic heterocycles. The van der Waals surface area contributed by atoms with Gasteiger partial charge >= 0.3 is 12.1 Å². The molecule has 0 fully saturated rings. The fraction of sp³-hybridized carbons (Fsp3) is 0.167. The Balaban J connectivity index is 2.01. The number of carbonyl (C=O) groups is 1. The van der Waals surface area contributed by atoms with Crippen LogP contribution in [0.2, 0.25) is 0 Å². The molecule has 0 saturated carbocycles. The van der Waals surface area contributed by atoms with E-state index >= 15 is 0 Å². The average Bonchev–Trinajstić information content (AvgIpc) is 2.84. The van der Waals surface area contributed by atoms with E-state index in [2.05, 4.69) is 4.98 Å². The first-order valence-corrected chi connectivity index (χ1v) is 6.19. The van der Waals surface area contributed by atoms with Gasteiger partial charge < -0.3 is 5.32 Å². The maximum absolute atomic E-state index is 12.0. The first kappa shape index (κ1) is 13.5. The molecule has 19 heavy (non-hydrogen) atoms. The molecule has 7 heteroatoms. The van der Waals surface area contributed by atoms with Crippen LogP contribution >= 0.6 is 11.3 Å². The van der Waals surface area contributed by atoms with E-state index in [1.165, 1.54) is 11.3 Å². The summed E-state index contributed by atoms with van der Waals surface area (Å²) in [6.45, 7) is -0.234. The highest BCUT2D eigenvalue weighted by molar-refractivity contribution is 7.13. The molecule has 0 bridgehead atoms. The van der Waals surface area contributed by atoms with Crippen LogP contribution in [0.1, 0.15) is 5.69 Å². The summed E-state index contributed by atoms with van der Waals surface area (Å²) in [5, 5.41) is 4.11. The smallest absolute Gasteiger partial charge is 0.343 e. The van der Waals surface area contributed by atoms with E-state index < -0.39 is 12.1 Å². The zero-order valence-electron chi connectivity index (χ0n) is 9.57. The summed E-state index contributed by atoms with van der Waals surface area (Å²) in [5.74, 6) is -1.96. The molecule has 1 heterocycles. The largest absolute Gasteiger partial charge is 0.471 e. The number of alkyl halides is 3. The Hall–Kier alpha value is -1.89. The molecule has 0 atom stereocenters. The summed E-state index contributed by atoms with van der Waals surface area (Å²) in [5.41, 5.74) is 1.29. The number of thiazole rings is 1. The summed E-state index contributed by atoms with van der Waals surface area (Å²) < 4.78 is 36.0. The second-order valence-corrected chi connectivity index (χ2v) is 4.55. The van der Waals surface area contributed by atoms with E-state index in [1.54, 1.807) is 10.7 Å². The monoisotopic (exact) mass is 286 g/mol. The molecule has 0 radical (unpaired) electrons. The highest BCUT2D eigenvalue weighted by Gasteiger charge is 2.38. The minimum Gasteiger partial charge on any atom is -0.343 e. The zero-order chi connectivity index (χ0) is 13.9. The number of halogens is 3. The Morgan fingerprint density at radius 1 is 1.26 bits per heavy atom. The molecule has 1 aromatic carbocycles. The number of amides is 1. The van der Waals surface area contributed by atoms with Gasteiger partial charge in [-0.1, -0.05) is 30.3 Å². The quantitative estimate of drug-likeness (QED) is 0.942. The maximum atomic E-state index is 12.0. The molecule has 0 aliphatic rings. The number of nitrogens with zero attached hydrogens (tertiary/aromatic N) is 1. The summed E-state index contributed by atoms with van der Waals surface area (Å²) in [6, 6.07) is 9.28. The highest BCUT2D eigenvalue weighted by atomic mass is 32.1. The molecule has 0 unspecified atom stereocenters. The lowest BCUT2D eigenvalue weighted by molar-refractivity contribution is -0.173. The topological polar surface area (TPSA) is 42.0 Å². The Morgan fingerprint density at radius 3 is 2.58 bits per heavy atom. The van der Waals surface area contributed by atoms with Crippen molar-refractivity contribution in [2.75, 3.05) is 0 Å². The van der Waals surface area contributed by atoms with Crippen LogP contribution < -0.4 is 5.32 Å². The third-order valence-corrected chi connectivity index (χ3v) is 3.20. The van der Waals surface area contributed by atoms with Crippen molar-refractivity contribution in [1.82, 2.24) is 10.3 Å². The molecule has 0 spiro atoms. The van der Waals surface area contributed by atoms with Crippen LogP contribution in [0.25, 0.3) is 10.6 Å². The van der Waals surface area contributed by atoms with Gasteiger partial charge in [0.25, 0.3) is 0 Å². The van der Waals surface area contributed by atoms with Crippen LogP contribution in [0, 0.1) is 0 Å². The molecule has 100 valence electrons. The number of hydrogen-bond acceptors (Lipinski definition) is 3. The third kappa shape index (κ3) is 3.54. The lowest BCUT2D eigenvalue weighted by Gasteiger charge is -2.05. The maximum Gasteiger partial charge on any atom is 0.471 e. The lowest BCUT2D eigenvalue weighted by atomic mass is 10.2. The van der Waals surface area contributed by atoms with Gasteiger partial charge in [0, 0.05) is 10.9 Å². The third-order valence-electron chi connectivity index (χ3n) is 2.26. The van der Waals surface area contributed by atoms with Crippen molar-refractivity contribution in [1.29, 1.82) is 0 Å². The highest BCUT2D eigenvalue weighted by Crippen LogP contribution is 2.23. The standard InChI is InChI=1S/C12H9F3N2OS/c13-12(14,15)11(18)16-6-9-7-19-10(17-9)8-4-2-1-3-5-8/h1-5,7H,6H2,(H,16,18). The van der Waals surface area contributed by atoms with E-state index in [9.17, 15) is 18.0 Å². The Labute approximate surface area is 111 Å². The number of carbonyl (C=O) groups excluding carboxylic acids is 1. The molecule has 0 aliphatic heterocycles. The average molecular weight is 286 g/mol. The normalized spacial score (nSPS) is 11.3. The Bertz CT molecular complexity index is 566. The number of nitrogens with one attached hydrogen (secondary N) is 1. The van der Waals surface area contributed by atoms with Gasteiger partial charge in [-0.15, -0.1) is 11.3 Å². The number of rotatable bonds is 3. The van der Waals surface area contributed by atoms with Crippen LogP contribution in [0.3, 0.4) is 0 Å². The fourth-order valence-electron chi connectivity index (χ4n) is 1.37. The predicted octanol–water partition coefficient (Wildman–Crippen LogP) is 2.99. The molecule has 2 rings (SSSR count). The van der Waals surface area contributed by atoms with Crippen LogP contribution in [-0.4, -0.2) is 17.1 Å². The van der Waals surface area contributed by atoms with Crippen LogP contribution in [0.15, 0.2) is 35.7 Å². The minimum absolute atomic E-state index is 0.234. The minimum atomic E-state index is -4.86. The first-order valence-electron chi connectivity index (χ1n) is 5.31. The first-order chi connectivity index (χ1) is 8.97. The van der Waals surface area contributed by atoms with E-state index in [0.717, 1.165) is 5.56 Å². The van der Waals surface area contributed by atoms with Crippen molar-refractivity contribution in [2.45, 2.75) is 12.7 Å². The van der Waals surface area contributed by atoms with Gasteiger partial charge in [-0.3, -0.25) is 4.79 Å². The summed E-state index contributed by atoms with van der Waals surface area (Å²) >= 11 is 1.32. The predicted molar refractivity (Wildman–Crippen MR) is 65.5 cm³/mol. The molecular formula is C12H9F3N2OS. The summed E-state index contributed by atoms with van der Waals surface area (Å²) in [7, 11) is 0. The van der Waals surface area contributed by atoms with Gasteiger partial charge in [-0.05, 0) is 0 Å². The van der Waals surface area contributed by atoms with Gasteiger partial charge in [-0.25, -0.2) is 4.98 Å². The van der Waals surface area contributed by atoms with Gasteiger partial charge in [0.15, 0.2) is 0 Å². The van der Waals surface area contributed by atoms with E-state index in [-0.39, 0.29) is 6.54 Å². The van der Waals surface area contributed by atoms with Crippen molar-refractivity contribution in [3.05, 3.63) is 41.4 Å². The van der Waals surface area contributed by atoms with Crippen molar-refractivity contribution in [2.24, 2.45) is 0 Å². The molecule has 0 saturated heterocycles. The van der Waals surface area contributed by atoms with Gasteiger partial charge in [0.05, 0.1) is 12.2 Å². The van der Waals surface area contributed by atoms with Gasteiger partial charge in [-0.2, -0.15) is 13.2 Å². The van der Waals surface area contributed by atoms with Gasteiger partial charge in [0.1, 0.15) is 5.01 Å². The van der Waals surface area contributed by atoms with E-state index in [4.69, 9.17) is 0 Å². The SMILES string of the molecule is O=C(NCc1csc(-c2ccccc2)n1)C(F)(F)F. The van der Waals surface area contributed by atoms with Crippen LogP contribution in [-0.2, 0) is 11.3 Å². The van der Waals surface area contributed by atoms with Crippen LogP contribution in [0.4, 0.5) is 13.2 Å². The molecule has 1 N–H and O–H groups in total. The summed E-state index contributed by atoms with van der Waals surface area (Å²) in [4.78, 5) is 14.8. The Kier molecular flexibility index (Phi) is 3.84. The molecule has 1 amide bonds. The molecule has 3 nitrogen and oxygen atoms in total. The number of hydrogen-bond donors (Lipinski definition) is 1. The van der Waals surface area contributed by atoms with Crippen molar-refractivity contribution in [3.63, 3.8) is 0 Å². The second kappa shape index (κ2) is 5.40. The van der Waals surface area contributed by atoms with Crippen LogP contribution in [0.5, 0.6) is 0 Å². The molecule has 0 aliphatic carbocycles. The second-order valence-electron chi connectivity index (χ2n) is 3.69. The Morgan fingerprint density at radius 2 is 1.95 bits per heavy atom. The molecule has 2 aromatic rings.